The van der Waals surface area contributed by atoms with Crippen LogP contribution >= 0.6 is 0 Å². The number of rotatable bonds is 8. The van der Waals surface area contributed by atoms with Crippen LogP contribution in [0.1, 0.15) is 45.1 Å². The van der Waals surface area contributed by atoms with Crippen LogP contribution in [0.2, 0.25) is 0 Å². The van der Waals surface area contributed by atoms with Crippen LogP contribution in [0.3, 0.4) is 0 Å². The van der Waals surface area contributed by atoms with Crippen molar-refractivity contribution in [2.45, 2.75) is 52.1 Å². The Morgan fingerprint density at radius 2 is 1.62 bits per heavy atom. The summed E-state index contributed by atoms with van der Waals surface area (Å²) in [4.78, 5) is 17.3. The Hall–Kier alpha value is -1.39. The summed E-state index contributed by atoms with van der Waals surface area (Å²) in [6, 6.07) is 10.7. The van der Waals surface area contributed by atoms with Crippen molar-refractivity contribution >= 4 is 5.97 Å². The summed E-state index contributed by atoms with van der Waals surface area (Å²) in [5.41, 5.74) is 1.22. The molecule has 0 aromatic heterocycles. The molecule has 3 rings (SSSR count). The standard InChI is InChI=1S/C22H34N2O2/c1-3-22(4-2)18-20(26-21(22)25)11-13-24-16-14-23(15-17-24)12-10-19-8-6-5-7-9-19/h5-9,20H,3-4,10-18H2,1-2H3/t20-/m1/s1. The van der Waals surface area contributed by atoms with Crippen LogP contribution in [0.15, 0.2) is 30.3 Å². The second-order valence-corrected chi connectivity index (χ2v) is 7.93. The van der Waals surface area contributed by atoms with Gasteiger partial charge in [-0.3, -0.25) is 4.79 Å². The third-order valence-electron chi connectivity index (χ3n) is 6.47. The molecule has 0 N–H and O–H groups in total. The molecule has 0 radical (unpaired) electrons. The Labute approximate surface area is 158 Å². The van der Waals surface area contributed by atoms with Gasteiger partial charge in [0.25, 0.3) is 0 Å². The van der Waals surface area contributed by atoms with Gasteiger partial charge in [-0.15, -0.1) is 0 Å². The number of cyclic esters (lactones) is 1. The first-order chi connectivity index (χ1) is 12.6. The van der Waals surface area contributed by atoms with Crippen LogP contribution in [0.5, 0.6) is 0 Å². The van der Waals surface area contributed by atoms with E-state index in [1.165, 1.54) is 5.56 Å². The maximum Gasteiger partial charge on any atom is 0.312 e. The number of nitrogens with zero attached hydrogens (tertiary/aromatic N) is 2. The number of esters is 1. The minimum atomic E-state index is -0.208. The highest BCUT2D eigenvalue weighted by atomic mass is 16.6. The van der Waals surface area contributed by atoms with Gasteiger partial charge in [0.15, 0.2) is 0 Å². The Balaban J connectivity index is 1.35. The molecule has 2 heterocycles. The molecule has 0 bridgehead atoms. The molecule has 0 unspecified atom stereocenters. The Kier molecular flexibility index (Phi) is 6.71. The van der Waals surface area contributed by atoms with E-state index in [-0.39, 0.29) is 17.5 Å². The van der Waals surface area contributed by atoms with Gasteiger partial charge in [-0.25, -0.2) is 0 Å². The Morgan fingerprint density at radius 1 is 1.00 bits per heavy atom. The van der Waals surface area contributed by atoms with Gasteiger partial charge < -0.3 is 14.5 Å². The predicted octanol–water partition coefficient (Wildman–Crippen LogP) is 3.36. The maximum absolute atomic E-state index is 12.2. The Morgan fingerprint density at radius 3 is 2.19 bits per heavy atom. The molecule has 2 saturated heterocycles. The molecule has 144 valence electrons. The van der Waals surface area contributed by atoms with Gasteiger partial charge in [-0.1, -0.05) is 44.2 Å². The quantitative estimate of drug-likeness (QED) is 0.667. The molecule has 2 fully saturated rings. The van der Waals surface area contributed by atoms with E-state index in [1.54, 1.807) is 0 Å². The fourth-order valence-corrected chi connectivity index (χ4v) is 4.32. The van der Waals surface area contributed by atoms with E-state index in [1.807, 2.05) is 0 Å². The lowest BCUT2D eigenvalue weighted by molar-refractivity contribution is -0.149. The average molecular weight is 359 g/mol. The number of piperazine rings is 1. The van der Waals surface area contributed by atoms with Gasteiger partial charge >= 0.3 is 5.97 Å². The lowest BCUT2D eigenvalue weighted by Crippen LogP contribution is -2.47. The van der Waals surface area contributed by atoms with Crippen molar-refractivity contribution in [2.24, 2.45) is 5.41 Å². The zero-order chi connectivity index (χ0) is 18.4. The first-order valence-electron chi connectivity index (χ1n) is 10.3. The molecule has 1 atom stereocenters. The molecule has 4 nitrogen and oxygen atoms in total. The van der Waals surface area contributed by atoms with Gasteiger partial charge in [-0.2, -0.15) is 0 Å². The molecular formula is C22H34N2O2. The largest absolute Gasteiger partial charge is 0.462 e. The highest BCUT2D eigenvalue weighted by Gasteiger charge is 2.46. The summed E-state index contributed by atoms with van der Waals surface area (Å²) >= 11 is 0. The summed E-state index contributed by atoms with van der Waals surface area (Å²) < 4.78 is 5.68. The number of hydrogen-bond acceptors (Lipinski definition) is 4. The zero-order valence-electron chi connectivity index (χ0n) is 16.5. The van der Waals surface area contributed by atoms with Gasteiger partial charge in [0.05, 0.1) is 5.41 Å². The van der Waals surface area contributed by atoms with Gasteiger partial charge in [0.1, 0.15) is 6.10 Å². The predicted molar refractivity (Wildman–Crippen MR) is 105 cm³/mol. The van der Waals surface area contributed by atoms with Crippen LogP contribution < -0.4 is 0 Å². The van der Waals surface area contributed by atoms with Crippen molar-refractivity contribution in [3.8, 4) is 0 Å². The normalized spacial score (nSPS) is 23.9. The monoisotopic (exact) mass is 358 g/mol. The molecular weight excluding hydrogens is 324 g/mol. The van der Waals surface area contributed by atoms with Crippen molar-refractivity contribution in [1.82, 2.24) is 9.80 Å². The summed E-state index contributed by atoms with van der Waals surface area (Å²) in [7, 11) is 0. The molecule has 4 heteroatoms. The molecule has 0 aliphatic carbocycles. The maximum atomic E-state index is 12.2. The van der Waals surface area contributed by atoms with E-state index in [0.29, 0.717) is 0 Å². The first-order valence-corrected chi connectivity index (χ1v) is 10.3. The zero-order valence-corrected chi connectivity index (χ0v) is 16.5. The number of carbonyl (C=O) groups excluding carboxylic acids is 1. The molecule has 26 heavy (non-hydrogen) atoms. The molecule has 2 aliphatic rings. The van der Waals surface area contributed by atoms with Crippen molar-refractivity contribution in [2.75, 3.05) is 39.3 Å². The van der Waals surface area contributed by atoms with E-state index in [0.717, 1.165) is 71.4 Å². The molecule has 1 aromatic carbocycles. The number of carbonyl (C=O) groups is 1. The van der Waals surface area contributed by atoms with Crippen LogP contribution in [0, 0.1) is 5.41 Å². The second-order valence-electron chi connectivity index (χ2n) is 7.93. The summed E-state index contributed by atoms with van der Waals surface area (Å²) in [5, 5.41) is 0. The SMILES string of the molecule is CCC1(CC)C[C@@H](CCN2CCN(CCc3ccccc3)CC2)OC1=O. The van der Waals surface area contributed by atoms with E-state index in [9.17, 15) is 4.79 Å². The van der Waals surface area contributed by atoms with E-state index >= 15 is 0 Å². The van der Waals surface area contributed by atoms with Crippen LogP contribution in [-0.4, -0.2) is 61.1 Å². The van der Waals surface area contributed by atoms with E-state index in [2.05, 4.69) is 54.0 Å². The molecule has 0 amide bonds. The molecule has 0 saturated carbocycles. The van der Waals surface area contributed by atoms with E-state index in [4.69, 9.17) is 4.74 Å². The Bertz CT molecular complexity index is 563. The topological polar surface area (TPSA) is 32.8 Å². The first kappa shape index (κ1) is 19.4. The summed E-state index contributed by atoms with van der Waals surface area (Å²) in [5.74, 6) is 0.0400. The fraction of sp³-hybridized carbons (Fsp3) is 0.682. The second kappa shape index (κ2) is 9.01. The number of benzene rings is 1. The van der Waals surface area contributed by atoms with Crippen molar-refractivity contribution in [3.63, 3.8) is 0 Å². The summed E-state index contributed by atoms with van der Waals surface area (Å²) in [6.45, 7) is 11.0. The molecule has 1 aromatic rings. The molecule has 2 aliphatic heterocycles. The van der Waals surface area contributed by atoms with Crippen molar-refractivity contribution in [1.29, 1.82) is 0 Å². The fourth-order valence-electron chi connectivity index (χ4n) is 4.32. The minimum Gasteiger partial charge on any atom is -0.462 e. The van der Waals surface area contributed by atoms with Crippen LogP contribution in [-0.2, 0) is 16.0 Å². The third-order valence-corrected chi connectivity index (χ3v) is 6.47. The van der Waals surface area contributed by atoms with Crippen molar-refractivity contribution < 1.29 is 9.53 Å². The highest BCUT2D eigenvalue weighted by molar-refractivity contribution is 5.78. The van der Waals surface area contributed by atoms with Gasteiger partial charge in [0.2, 0.25) is 0 Å². The third kappa shape index (κ3) is 4.66. The lowest BCUT2D eigenvalue weighted by atomic mass is 9.79. The van der Waals surface area contributed by atoms with Crippen LogP contribution in [0.25, 0.3) is 0 Å². The van der Waals surface area contributed by atoms with Gasteiger partial charge in [-0.05, 0) is 31.2 Å². The number of ether oxygens (including phenoxy) is 1. The molecule has 0 spiro atoms. The smallest absolute Gasteiger partial charge is 0.312 e. The van der Waals surface area contributed by atoms with E-state index < -0.39 is 0 Å². The lowest BCUT2D eigenvalue weighted by Gasteiger charge is -2.35. The van der Waals surface area contributed by atoms with Gasteiger partial charge in [0, 0.05) is 45.7 Å². The van der Waals surface area contributed by atoms with Crippen LogP contribution in [0.4, 0.5) is 0 Å². The number of hydrogen-bond donors (Lipinski definition) is 0. The van der Waals surface area contributed by atoms with Crippen molar-refractivity contribution in [3.05, 3.63) is 35.9 Å². The summed E-state index contributed by atoms with van der Waals surface area (Å²) in [6.07, 6.45) is 4.96. The highest BCUT2D eigenvalue weighted by Crippen LogP contribution is 2.41. The average Bonchev–Trinajstić information content (AvgIpc) is 3.02. The minimum absolute atomic E-state index is 0.0400.